The van der Waals surface area contributed by atoms with Crippen LogP contribution in [-0.4, -0.2) is 37.3 Å². The predicted molar refractivity (Wildman–Crippen MR) is 81.4 cm³/mol. The highest BCUT2D eigenvalue weighted by molar-refractivity contribution is 5.65. The quantitative estimate of drug-likeness (QED) is 0.909. The van der Waals surface area contributed by atoms with E-state index in [1.807, 2.05) is 30.3 Å². The third kappa shape index (κ3) is 3.27. The molecule has 116 valence electrons. The van der Waals surface area contributed by atoms with E-state index in [9.17, 15) is 9.90 Å². The highest BCUT2D eigenvalue weighted by Crippen LogP contribution is 2.33. The molecule has 0 unspecified atom stereocenters. The molecule has 6 nitrogen and oxygen atoms in total. The van der Waals surface area contributed by atoms with Gasteiger partial charge in [0.05, 0.1) is 0 Å². The van der Waals surface area contributed by atoms with Crippen molar-refractivity contribution in [1.82, 2.24) is 20.1 Å². The predicted octanol–water partition coefficient (Wildman–Crippen LogP) is 3.01. The number of amides is 1. The molecule has 0 spiro atoms. The van der Waals surface area contributed by atoms with Gasteiger partial charge in [-0.25, -0.2) is 9.78 Å². The summed E-state index contributed by atoms with van der Waals surface area (Å²) in [5.74, 6) is 1.29. The zero-order chi connectivity index (χ0) is 15.4. The normalized spacial score (nSPS) is 21.5. The average molecular weight is 300 g/mol. The number of carboxylic acid groups (broad SMARTS) is 1. The molecule has 0 bridgehead atoms. The van der Waals surface area contributed by atoms with Gasteiger partial charge in [0.15, 0.2) is 0 Å². The van der Waals surface area contributed by atoms with Crippen LogP contribution in [0.2, 0.25) is 0 Å². The van der Waals surface area contributed by atoms with Crippen LogP contribution in [0.4, 0.5) is 4.79 Å². The van der Waals surface area contributed by atoms with Crippen molar-refractivity contribution in [3.63, 3.8) is 0 Å². The second kappa shape index (κ2) is 6.60. The first-order valence-electron chi connectivity index (χ1n) is 7.63. The van der Waals surface area contributed by atoms with Crippen molar-refractivity contribution in [1.29, 1.82) is 0 Å². The van der Waals surface area contributed by atoms with Crippen LogP contribution in [0.1, 0.15) is 43.0 Å². The van der Waals surface area contributed by atoms with Crippen LogP contribution in [0.25, 0.3) is 0 Å². The zero-order valence-electron chi connectivity index (χ0n) is 12.4. The molecule has 0 atom stereocenters. The van der Waals surface area contributed by atoms with Gasteiger partial charge in [0.2, 0.25) is 0 Å². The van der Waals surface area contributed by atoms with Crippen molar-refractivity contribution in [2.24, 2.45) is 0 Å². The molecule has 1 heterocycles. The first-order valence-corrected chi connectivity index (χ1v) is 7.63. The summed E-state index contributed by atoms with van der Waals surface area (Å²) in [5.41, 5.74) is 1.03. The molecule has 6 heteroatoms. The number of hydrogen-bond acceptors (Lipinski definition) is 3. The highest BCUT2D eigenvalue weighted by atomic mass is 16.4. The van der Waals surface area contributed by atoms with Gasteiger partial charge >= 0.3 is 6.09 Å². The Bertz CT molecular complexity index is 592. The van der Waals surface area contributed by atoms with Crippen molar-refractivity contribution >= 4 is 6.09 Å². The molecule has 3 rings (SSSR count). The lowest BCUT2D eigenvalue weighted by Crippen LogP contribution is -2.41. The van der Waals surface area contributed by atoms with Gasteiger partial charge in [0.1, 0.15) is 12.2 Å². The lowest BCUT2D eigenvalue weighted by molar-refractivity contribution is 0.104. The van der Waals surface area contributed by atoms with E-state index < -0.39 is 6.09 Å². The number of nitrogens with zero attached hydrogens (tertiary/aromatic N) is 3. The van der Waals surface area contributed by atoms with Crippen molar-refractivity contribution in [2.75, 3.05) is 0 Å². The van der Waals surface area contributed by atoms with Crippen LogP contribution in [0, 0.1) is 0 Å². The van der Waals surface area contributed by atoms with E-state index in [2.05, 4.69) is 15.2 Å². The van der Waals surface area contributed by atoms with Crippen LogP contribution in [0.5, 0.6) is 0 Å². The molecule has 2 aromatic rings. The van der Waals surface area contributed by atoms with E-state index in [0.29, 0.717) is 12.5 Å². The number of H-pyrrole nitrogens is 1. The molecule has 1 saturated carbocycles. The molecular formula is C16H20N4O2. The maximum absolute atomic E-state index is 11.6. The topological polar surface area (TPSA) is 82.1 Å². The standard InChI is InChI=1S/C16H20N4O2/c21-16(22)20(10-12-4-2-1-3-5-12)14-8-6-13(7-9-14)15-17-11-18-19-15/h1-5,11,13-14H,6-10H2,(H,21,22)(H,17,18,19). The summed E-state index contributed by atoms with van der Waals surface area (Å²) in [4.78, 5) is 17.4. The van der Waals surface area contributed by atoms with Gasteiger partial charge in [-0.3, -0.25) is 5.10 Å². The molecule has 0 aliphatic heterocycles. The number of carbonyl (C=O) groups is 1. The molecular weight excluding hydrogens is 280 g/mol. The van der Waals surface area contributed by atoms with Crippen LogP contribution in [0.15, 0.2) is 36.7 Å². The van der Waals surface area contributed by atoms with Gasteiger partial charge < -0.3 is 10.0 Å². The fourth-order valence-electron chi connectivity index (χ4n) is 3.21. The van der Waals surface area contributed by atoms with Crippen LogP contribution in [0.3, 0.4) is 0 Å². The average Bonchev–Trinajstić information content (AvgIpc) is 3.08. The minimum atomic E-state index is -0.841. The summed E-state index contributed by atoms with van der Waals surface area (Å²) in [5, 5.41) is 16.4. The Labute approximate surface area is 129 Å². The lowest BCUT2D eigenvalue weighted by Gasteiger charge is -2.34. The second-order valence-corrected chi connectivity index (χ2v) is 5.77. The zero-order valence-corrected chi connectivity index (χ0v) is 12.4. The maximum atomic E-state index is 11.6. The third-order valence-corrected chi connectivity index (χ3v) is 4.40. The summed E-state index contributed by atoms with van der Waals surface area (Å²) in [6, 6.07) is 9.84. The molecule has 1 fully saturated rings. The summed E-state index contributed by atoms with van der Waals surface area (Å²) in [6.45, 7) is 0.452. The minimum absolute atomic E-state index is 0.0804. The first kappa shape index (κ1) is 14.6. The van der Waals surface area contributed by atoms with Crippen LogP contribution < -0.4 is 0 Å². The summed E-state index contributed by atoms with van der Waals surface area (Å²) in [7, 11) is 0. The van der Waals surface area contributed by atoms with Crippen molar-refractivity contribution in [2.45, 2.75) is 44.2 Å². The first-order chi connectivity index (χ1) is 10.7. The molecule has 1 aromatic heterocycles. The molecule has 1 aliphatic rings. The monoisotopic (exact) mass is 300 g/mol. The highest BCUT2D eigenvalue weighted by Gasteiger charge is 2.30. The number of nitrogens with one attached hydrogen (secondary N) is 1. The van der Waals surface area contributed by atoms with Gasteiger partial charge in [-0.1, -0.05) is 30.3 Å². The summed E-state index contributed by atoms with van der Waals surface area (Å²) >= 11 is 0. The Balaban J connectivity index is 1.63. The molecule has 1 aromatic carbocycles. The summed E-state index contributed by atoms with van der Waals surface area (Å²) in [6.07, 6.45) is 4.30. The van der Waals surface area contributed by atoms with Crippen LogP contribution >= 0.6 is 0 Å². The number of rotatable bonds is 4. The van der Waals surface area contributed by atoms with Crippen molar-refractivity contribution < 1.29 is 9.90 Å². The number of benzene rings is 1. The van der Waals surface area contributed by atoms with Gasteiger partial charge in [-0.2, -0.15) is 5.10 Å². The lowest BCUT2D eigenvalue weighted by atomic mass is 9.85. The van der Waals surface area contributed by atoms with Gasteiger partial charge in [0.25, 0.3) is 0 Å². The van der Waals surface area contributed by atoms with Gasteiger partial charge in [-0.15, -0.1) is 0 Å². The fraction of sp³-hybridized carbons (Fsp3) is 0.438. The van der Waals surface area contributed by atoms with Crippen molar-refractivity contribution in [3.8, 4) is 0 Å². The second-order valence-electron chi connectivity index (χ2n) is 5.77. The van der Waals surface area contributed by atoms with Crippen LogP contribution in [-0.2, 0) is 6.54 Å². The largest absolute Gasteiger partial charge is 0.465 e. The molecule has 0 radical (unpaired) electrons. The smallest absolute Gasteiger partial charge is 0.407 e. The molecule has 22 heavy (non-hydrogen) atoms. The van der Waals surface area contributed by atoms with Gasteiger partial charge in [0, 0.05) is 18.5 Å². The fourth-order valence-corrected chi connectivity index (χ4v) is 3.21. The Morgan fingerprint density at radius 1 is 1.23 bits per heavy atom. The Hall–Kier alpha value is -2.37. The molecule has 1 aliphatic carbocycles. The van der Waals surface area contributed by atoms with E-state index in [-0.39, 0.29) is 6.04 Å². The van der Waals surface area contributed by atoms with Crippen molar-refractivity contribution in [3.05, 3.63) is 48.0 Å². The molecule has 1 amide bonds. The van der Waals surface area contributed by atoms with Gasteiger partial charge in [-0.05, 0) is 31.2 Å². The third-order valence-electron chi connectivity index (χ3n) is 4.40. The maximum Gasteiger partial charge on any atom is 0.407 e. The Morgan fingerprint density at radius 2 is 1.95 bits per heavy atom. The molecule has 0 saturated heterocycles. The SMILES string of the molecule is O=C(O)N(Cc1ccccc1)C1CCC(c2ncn[nH]2)CC1. The summed E-state index contributed by atoms with van der Waals surface area (Å²) < 4.78 is 0. The minimum Gasteiger partial charge on any atom is -0.465 e. The van der Waals surface area contributed by atoms with E-state index in [0.717, 1.165) is 37.1 Å². The van der Waals surface area contributed by atoms with E-state index in [1.54, 1.807) is 4.90 Å². The number of hydrogen-bond donors (Lipinski definition) is 2. The Kier molecular flexibility index (Phi) is 4.37. The van der Waals surface area contributed by atoms with E-state index >= 15 is 0 Å². The Morgan fingerprint density at radius 3 is 2.55 bits per heavy atom. The number of aromatic amines is 1. The van der Waals surface area contributed by atoms with E-state index in [1.165, 1.54) is 6.33 Å². The number of aromatic nitrogens is 3. The van der Waals surface area contributed by atoms with E-state index in [4.69, 9.17) is 0 Å². The molecule has 2 N–H and O–H groups in total.